The Bertz CT molecular complexity index is 956. The van der Waals surface area contributed by atoms with Gasteiger partial charge in [0.2, 0.25) is 0 Å². The number of rotatable bonds is 4. The van der Waals surface area contributed by atoms with Crippen LogP contribution in [0.2, 0.25) is 10.0 Å². The molecule has 0 fully saturated rings. The largest absolute Gasteiger partial charge is 0.452 e. The first-order valence-electron chi connectivity index (χ1n) is 7.44. The average Bonchev–Trinajstić information content (AvgIpc) is 2.62. The van der Waals surface area contributed by atoms with Crippen LogP contribution in [0.15, 0.2) is 60.7 Å². The fourth-order valence-electron chi connectivity index (χ4n) is 2.33. The van der Waals surface area contributed by atoms with E-state index in [1.54, 1.807) is 18.2 Å². The zero-order valence-corrected chi connectivity index (χ0v) is 14.5. The minimum atomic E-state index is -0.707. The maximum Gasteiger partial charge on any atom is 0.340 e. The summed E-state index contributed by atoms with van der Waals surface area (Å²) in [4.78, 5) is 24.0. The van der Waals surface area contributed by atoms with Crippen LogP contribution in [0.5, 0.6) is 0 Å². The molecule has 6 heteroatoms. The SMILES string of the molecule is O=C(COC(=O)c1cccc(Cl)c1Cl)Nc1ccc2ccccc2c1. The molecule has 3 rings (SSSR count). The fraction of sp³-hybridized carbons (Fsp3) is 0.0526. The highest BCUT2D eigenvalue weighted by molar-refractivity contribution is 6.43. The second-order valence-electron chi connectivity index (χ2n) is 5.29. The number of ether oxygens (including phenoxy) is 1. The first-order chi connectivity index (χ1) is 12.0. The molecule has 0 saturated heterocycles. The third kappa shape index (κ3) is 4.10. The van der Waals surface area contributed by atoms with Crippen molar-refractivity contribution in [2.24, 2.45) is 0 Å². The zero-order chi connectivity index (χ0) is 17.8. The highest BCUT2D eigenvalue weighted by Gasteiger charge is 2.15. The lowest BCUT2D eigenvalue weighted by Gasteiger charge is -2.09. The van der Waals surface area contributed by atoms with Gasteiger partial charge < -0.3 is 10.1 Å². The highest BCUT2D eigenvalue weighted by Crippen LogP contribution is 2.26. The normalized spacial score (nSPS) is 10.5. The number of carbonyl (C=O) groups is 2. The zero-order valence-electron chi connectivity index (χ0n) is 13.0. The van der Waals surface area contributed by atoms with Crippen LogP contribution in [0.1, 0.15) is 10.4 Å². The lowest BCUT2D eigenvalue weighted by molar-refractivity contribution is -0.119. The van der Waals surface area contributed by atoms with Gasteiger partial charge in [0, 0.05) is 5.69 Å². The molecule has 0 heterocycles. The van der Waals surface area contributed by atoms with E-state index in [1.165, 1.54) is 6.07 Å². The Morgan fingerprint density at radius 1 is 0.920 bits per heavy atom. The maximum absolute atomic E-state index is 12.0. The van der Waals surface area contributed by atoms with Crippen LogP contribution in [0.4, 0.5) is 5.69 Å². The van der Waals surface area contributed by atoms with E-state index in [1.807, 2.05) is 36.4 Å². The van der Waals surface area contributed by atoms with E-state index in [0.717, 1.165) is 10.8 Å². The van der Waals surface area contributed by atoms with Crippen LogP contribution in [-0.2, 0) is 9.53 Å². The summed E-state index contributed by atoms with van der Waals surface area (Å²) in [5.41, 5.74) is 0.744. The summed E-state index contributed by atoms with van der Waals surface area (Å²) in [7, 11) is 0. The number of halogens is 2. The van der Waals surface area contributed by atoms with Gasteiger partial charge in [-0.05, 0) is 35.0 Å². The van der Waals surface area contributed by atoms with Gasteiger partial charge >= 0.3 is 5.97 Å². The van der Waals surface area contributed by atoms with Gasteiger partial charge in [0.1, 0.15) is 0 Å². The number of carbonyl (C=O) groups excluding carboxylic acids is 2. The van der Waals surface area contributed by atoms with E-state index >= 15 is 0 Å². The predicted octanol–water partition coefficient (Wildman–Crippen LogP) is 4.94. The molecule has 0 radical (unpaired) electrons. The van der Waals surface area contributed by atoms with Crippen molar-refractivity contribution < 1.29 is 14.3 Å². The second-order valence-corrected chi connectivity index (χ2v) is 6.07. The Hall–Kier alpha value is -2.56. The molecule has 0 aliphatic carbocycles. The monoisotopic (exact) mass is 373 g/mol. The average molecular weight is 374 g/mol. The second kappa shape index (κ2) is 7.55. The molecule has 0 aliphatic rings. The Morgan fingerprint density at radius 3 is 2.48 bits per heavy atom. The summed E-state index contributed by atoms with van der Waals surface area (Å²) < 4.78 is 4.99. The first kappa shape index (κ1) is 17.3. The van der Waals surface area contributed by atoms with E-state index < -0.39 is 18.5 Å². The summed E-state index contributed by atoms with van der Waals surface area (Å²) in [5.74, 6) is -1.15. The Kier molecular flexibility index (Phi) is 5.22. The lowest BCUT2D eigenvalue weighted by Crippen LogP contribution is -2.21. The van der Waals surface area contributed by atoms with Crippen LogP contribution in [-0.4, -0.2) is 18.5 Å². The summed E-state index contributed by atoms with van der Waals surface area (Å²) >= 11 is 11.8. The summed E-state index contributed by atoms with van der Waals surface area (Å²) in [5, 5.41) is 5.11. The van der Waals surface area contributed by atoms with Gasteiger partial charge in [-0.3, -0.25) is 4.79 Å². The number of hydrogen-bond acceptors (Lipinski definition) is 3. The quantitative estimate of drug-likeness (QED) is 0.658. The minimum Gasteiger partial charge on any atom is -0.452 e. The molecule has 4 nitrogen and oxygen atoms in total. The van der Waals surface area contributed by atoms with Crippen molar-refractivity contribution in [1.29, 1.82) is 0 Å². The van der Waals surface area contributed by atoms with Crippen molar-refractivity contribution >= 4 is 51.5 Å². The van der Waals surface area contributed by atoms with Crippen molar-refractivity contribution in [2.75, 3.05) is 11.9 Å². The van der Waals surface area contributed by atoms with Crippen molar-refractivity contribution in [3.8, 4) is 0 Å². The van der Waals surface area contributed by atoms with Crippen molar-refractivity contribution in [1.82, 2.24) is 0 Å². The molecule has 0 unspecified atom stereocenters. The topological polar surface area (TPSA) is 55.4 Å². The molecule has 126 valence electrons. The van der Waals surface area contributed by atoms with Crippen LogP contribution >= 0.6 is 23.2 Å². The smallest absolute Gasteiger partial charge is 0.340 e. The summed E-state index contributed by atoms with van der Waals surface area (Å²) in [6.07, 6.45) is 0. The number of fused-ring (bicyclic) bond motifs is 1. The van der Waals surface area contributed by atoms with Gasteiger partial charge in [0.05, 0.1) is 15.6 Å². The van der Waals surface area contributed by atoms with E-state index in [0.29, 0.717) is 5.69 Å². The molecule has 1 N–H and O–H groups in total. The summed E-state index contributed by atoms with van der Waals surface area (Å²) in [6, 6.07) is 18.0. The van der Waals surface area contributed by atoms with E-state index in [-0.39, 0.29) is 15.6 Å². The van der Waals surface area contributed by atoms with Gasteiger partial charge in [-0.2, -0.15) is 0 Å². The molecule has 25 heavy (non-hydrogen) atoms. The van der Waals surface area contributed by atoms with Crippen molar-refractivity contribution in [3.05, 3.63) is 76.3 Å². The minimum absolute atomic E-state index is 0.101. The molecule has 0 aromatic heterocycles. The lowest BCUT2D eigenvalue weighted by atomic mass is 10.1. The molecule has 0 aliphatic heterocycles. The third-order valence-corrected chi connectivity index (χ3v) is 4.36. The Labute approximate surface area is 154 Å². The third-order valence-electron chi connectivity index (χ3n) is 3.54. The molecule has 1 amide bonds. The fourth-order valence-corrected chi connectivity index (χ4v) is 2.71. The Morgan fingerprint density at radius 2 is 1.68 bits per heavy atom. The molecular weight excluding hydrogens is 361 g/mol. The molecule has 0 saturated carbocycles. The van der Waals surface area contributed by atoms with Crippen LogP contribution in [0.3, 0.4) is 0 Å². The number of benzene rings is 3. The molecule has 3 aromatic carbocycles. The van der Waals surface area contributed by atoms with Gasteiger partial charge in [-0.1, -0.05) is 59.6 Å². The maximum atomic E-state index is 12.0. The van der Waals surface area contributed by atoms with Crippen molar-refractivity contribution in [2.45, 2.75) is 0 Å². The molecule has 0 bridgehead atoms. The number of hydrogen-bond donors (Lipinski definition) is 1. The van der Waals surface area contributed by atoms with Gasteiger partial charge in [-0.15, -0.1) is 0 Å². The van der Waals surface area contributed by atoms with Crippen LogP contribution in [0.25, 0.3) is 10.8 Å². The molecule has 0 atom stereocenters. The van der Waals surface area contributed by atoms with Crippen molar-refractivity contribution in [3.63, 3.8) is 0 Å². The van der Waals surface area contributed by atoms with Gasteiger partial charge in [-0.25, -0.2) is 4.79 Å². The number of esters is 1. The highest BCUT2D eigenvalue weighted by atomic mass is 35.5. The van der Waals surface area contributed by atoms with Crippen LogP contribution < -0.4 is 5.32 Å². The standard InChI is InChI=1S/C19H13Cl2NO3/c20-16-7-3-6-15(18(16)21)19(24)25-11-17(23)22-14-9-8-12-4-1-2-5-13(12)10-14/h1-10H,11H2,(H,22,23). The first-order valence-corrected chi connectivity index (χ1v) is 8.20. The molecule has 3 aromatic rings. The molecule has 0 spiro atoms. The predicted molar refractivity (Wildman–Crippen MR) is 99.3 cm³/mol. The van der Waals surface area contributed by atoms with Gasteiger partial charge in [0.15, 0.2) is 6.61 Å². The Balaban J connectivity index is 1.62. The summed E-state index contributed by atoms with van der Waals surface area (Å²) in [6.45, 7) is -0.422. The van der Waals surface area contributed by atoms with Crippen LogP contribution in [0, 0.1) is 0 Å². The van der Waals surface area contributed by atoms with E-state index in [2.05, 4.69) is 5.32 Å². The number of amides is 1. The van der Waals surface area contributed by atoms with E-state index in [9.17, 15) is 9.59 Å². The number of anilines is 1. The number of nitrogens with one attached hydrogen (secondary N) is 1. The van der Waals surface area contributed by atoms with E-state index in [4.69, 9.17) is 27.9 Å². The van der Waals surface area contributed by atoms with Gasteiger partial charge in [0.25, 0.3) is 5.91 Å². The molecular formula is C19H13Cl2NO3.